The summed E-state index contributed by atoms with van der Waals surface area (Å²) in [5.74, 6) is -0.374. The standard InChI is InChI=1S/C19H22O3S/c1-12-7-10-23-16(12)19(21)9-8-18(2,3)14-6-5-13(11-15(14)19)17(20)22-4/h5-7,10-11,21H,8-9H2,1-4H3. The molecule has 0 amide bonds. The van der Waals surface area contributed by atoms with Gasteiger partial charge in [0.25, 0.3) is 0 Å². The fourth-order valence-electron chi connectivity index (χ4n) is 3.52. The average molecular weight is 330 g/mol. The van der Waals surface area contributed by atoms with Gasteiger partial charge < -0.3 is 9.84 Å². The molecule has 3 nitrogen and oxygen atoms in total. The molecule has 1 aliphatic rings. The lowest BCUT2D eigenvalue weighted by Gasteiger charge is -2.42. The maximum Gasteiger partial charge on any atom is 0.337 e. The minimum absolute atomic E-state index is 0.0264. The number of rotatable bonds is 2. The molecule has 1 N–H and O–H groups in total. The zero-order chi connectivity index (χ0) is 16.8. The number of hydrogen-bond acceptors (Lipinski definition) is 4. The number of methoxy groups -OCH3 is 1. The van der Waals surface area contributed by atoms with Gasteiger partial charge in [-0.25, -0.2) is 4.79 Å². The first-order valence-corrected chi connectivity index (χ1v) is 8.68. The Morgan fingerprint density at radius 2 is 1.96 bits per heavy atom. The van der Waals surface area contributed by atoms with Gasteiger partial charge in [-0.1, -0.05) is 19.9 Å². The number of thiophene rings is 1. The average Bonchev–Trinajstić information content (AvgIpc) is 2.97. The van der Waals surface area contributed by atoms with Crippen molar-refractivity contribution in [2.75, 3.05) is 7.11 Å². The van der Waals surface area contributed by atoms with E-state index in [1.807, 2.05) is 24.4 Å². The highest BCUT2D eigenvalue weighted by Gasteiger charge is 2.44. The Bertz CT molecular complexity index is 760. The summed E-state index contributed by atoms with van der Waals surface area (Å²) in [6.45, 7) is 6.39. The minimum atomic E-state index is -1.03. The van der Waals surface area contributed by atoms with E-state index in [1.165, 1.54) is 7.11 Å². The molecule has 3 rings (SSSR count). The van der Waals surface area contributed by atoms with Gasteiger partial charge in [0.05, 0.1) is 12.7 Å². The highest BCUT2D eigenvalue weighted by atomic mass is 32.1. The van der Waals surface area contributed by atoms with Crippen LogP contribution in [-0.4, -0.2) is 18.2 Å². The number of fused-ring (bicyclic) bond motifs is 1. The molecule has 1 heterocycles. The Morgan fingerprint density at radius 1 is 1.22 bits per heavy atom. The third-order valence-corrected chi connectivity index (χ3v) is 6.13. The Balaban J connectivity index is 2.24. The fourth-order valence-corrected chi connectivity index (χ4v) is 4.59. The molecule has 0 bridgehead atoms. The van der Waals surface area contributed by atoms with Crippen LogP contribution in [0.5, 0.6) is 0 Å². The molecule has 1 atom stereocenters. The van der Waals surface area contributed by atoms with E-state index in [0.717, 1.165) is 28.0 Å². The van der Waals surface area contributed by atoms with Crippen molar-refractivity contribution in [2.45, 2.75) is 44.6 Å². The molecule has 1 aromatic heterocycles. The predicted molar refractivity (Wildman–Crippen MR) is 92.1 cm³/mol. The highest BCUT2D eigenvalue weighted by molar-refractivity contribution is 7.10. The van der Waals surface area contributed by atoms with Gasteiger partial charge in [0.15, 0.2) is 0 Å². The van der Waals surface area contributed by atoms with Crippen molar-refractivity contribution in [1.29, 1.82) is 0 Å². The maximum absolute atomic E-state index is 11.9. The summed E-state index contributed by atoms with van der Waals surface area (Å²) in [5.41, 5.74) is 2.45. The second-order valence-electron chi connectivity index (χ2n) is 6.93. The normalized spacial score (nSPS) is 22.5. The number of carbonyl (C=O) groups excluding carboxylic acids is 1. The van der Waals surface area contributed by atoms with E-state index in [0.29, 0.717) is 12.0 Å². The van der Waals surface area contributed by atoms with Crippen molar-refractivity contribution < 1.29 is 14.6 Å². The van der Waals surface area contributed by atoms with Crippen LogP contribution in [0.15, 0.2) is 29.6 Å². The maximum atomic E-state index is 11.9. The molecule has 4 heteroatoms. The summed E-state index contributed by atoms with van der Waals surface area (Å²) in [4.78, 5) is 12.9. The van der Waals surface area contributed by atoms with Crippen LogP contribution >= 0.6 is 11.3 Å². The topological polar surface area (TPSA) is 46.5 Å². The second kappa shape index (κ2) is 5.46. The molecule has 23 heavy (non-hydrogen) atoms. The number of esters is 1. The Morgan fingerprint density at radius 3 is 2.57 bits per heavy atom. The number of aliphatic hydroxyl groups is 1. The fraction of sp³-hybridized carbons (Fsp3) is 0.421. The minimum Gasteiger partial charge on any atom is -0.465 e. The van der Waals surface area contributed by atoms with E-state index in [1.54, 1.807) is 23.5 Å². The molecule has 1 aliphatic carbocycles. The lowest BCUT2D eigenvalue weighted by atomic mass is 9.66. The second-order valence-corrected chi connectivity index (χ2v) is 7.84. The van der Waals surface area contributed by atoms with E-state index in [2.05, 4.69) is 13.8 Å². The van der Waals surface area contributed by atoms with E-state index in [9.17, 15) is 9.90 Å². The number of aryl methyl sites for hydroxylation is 1. The molecule has 122 valence electrons. The van der Waals surface area contributed by atoms with Crippen LogP contribution in [0.2, 0.25) is 0 Å². The SMILES string of the molecule is COC(=O)c1ccc2c(c1)C(O)(c1sccc1C)CCC2(C)C. The molecule has 1 unspecified atom stereocenters. The summed E-state index contributed by atoms with van der Waals surface area (Å²) < 4.78 is 4.84. The quantitative estimate of drug-likeness (QED) is 0.842. The van der Waals surface area contributed by atoms with Crippen LogP contribution in [0.1, 0.15) is 58.6 Å². The number of ether oxygens (including phenoxy) is 1. The molecule has 1 aromatic carbocycles. The highest BCUT2D eigenvalue weighted by Crippen LogP contribution is 2.49. The number of hydrogen-bond donors (Lipinski definition) is 1. The molecule has 0 saturated carbocycles. The summed E-state index contributed by atoms with van der Waals surface area (Å²) in [7, 11) is 1.38. The lowest BCUT2D eigenvalue weighted by Crippen LogP contribution is -2.38. The molecule has 0 saturated heterocycles. The van der Waals surface area contributed by atoms with Gasteiger partial charge in [0.1, 0.15) is 5.60 Å². The van der Waals surface area contributed by atoms with E-state index in [-0.39, 0.29) is 11.4 Å². The van der Waals surface area contributed by atoms with Crippen LogP contribution in [-0.2, 0) is 15.8 Å². The zero-order valence-corrected chi connectivity index (χ0v) is 14.8. The van der Waals surface area contributed by atoms with Crippen molar-refractivity contribution in [3.8, 4) is 0 Å². The molecular formula is C19H22O3S. The van der Waals surface area contributed by atoms with Crippen molar-refractivity contribution in [3.63, 3.8) is 0 Å². The molecule has 2 aromatic rings. The van der Waals surface area contributed by atoms with Crippen LogP contribution in [0.25, 0.3) is 0 Å². The monoisotopic (exact) mass is 330 g/mol. The lowest BCUT2D eigenvalue weighted by molar-refractivity contribution is 0.0518. The first-order valence-electron chi connectivity index (χ1n) is 7.80. The Hall–Kier alpha value is -1.65. The van der Waals surface area contributed by atoms with Crippen LogP contribution in [0.3, 0.4) is 0 Å². The number of carbonyl (C=O) groups is 1. The van der Waals surface area contributed by atoms with Crippen LogP contribution in [0, 0.1) is 6.92 Å². The molecular weight excluding hydrogens is 308 g/mol. The number of benzene rings is 1. The third kappa shape index (κ3) is 2.50. The zero-order valence-electron chi connectivity index (χ0n) is 14.0. The first kappa shape index (κ1) is 16.2. The summed E-state index contributed by atoms with van der Waals surface area (Å²) in [5, 5.41) is 13.5. The summed E-state index contributed by atoms with van der Waals surface area (Å²) >= 11 is 1.57. The predicted octanol–water partition coefficient (Wildman–Crippen LogP) is 4.15. The van der Waals surface area contributed by atoms with Gasteiger partial charge >= 0.3 is 5.97 Å². The van der Waals surface area contributed by atoms with Crippen LogP contribution < -0.4 is 0 Å². The van der Waals surface area contributed by atoms with E-state index >= 15 is 0 Å². The van der Waals surface area contributed by atoms with Crippen molar-refractivity contribution in [3.05, 3.63) is 56.8 Å². The molecule has 0 fully saturated rings. The first-order chi connectivity index (χ1) is 10.8. The molecule has 0 aliphatic heterocycles. The van der Waals surface area contributed by atoms with Gasteiger partial charge in [-0.3, -0.25) is 0 Å². The summed E-state index contributed by atoms with van der Waals surface area (Å²) in [6.07, 6.45) is 1.55. The van der Waals surface area contributed by atoms with E-state index in [4.69, 9.17) is 4.74 Å². The van der Waals surface area contributed by atoms with Crippen molar-refractivity contribution >= 4 is 17.3 Å². The summed E-state index contributed by atoms with van der Waals surface area (Å²) in [6, 6.07) is 7.59. The van der Waals surface area contributed by atoms with Gasteiger partial charge in [-0.05, 0) is 65.4 Å². The van der Waals surface area contributed by atoms with Gasteiger partial charge in [-0.2, -0.15) is 0 Å². The van der Waals surface area contributed by atoms with Gasteiger partial charge in [-0.15, -0.1) is 11.3 Å². The van der Waals surface area contributed by atoms with Crippen molar-refractivity contribution in [2.24, 2.45) is 0 Å². The van der Waals surface area contributed by atoms with Crippen LogP contribution in [0.4, 0.5) is 0 Å². The Labute approximate surface area is 140 Å². The molecule has 0 radical (unpaired) electrons. The largest absolute Gasteiger partial charge is 0.465 e. The third-order valence-electron chi connectivity index (χ3n) is 4.96. The van der Waals surface area contributed by atoms with Gasteiger partial charge in [0.2, 0.25) is 0 Å². The smallest absolute Gasteiger partial charge is 0.337 e. The van der Waals surface area contributed by atoms with Gasteiger partial charge in [0, 0.05) is 4.88 Å². The van der Waals surface area contributed by atoms with E-state index < -0.39 is 5.60 Å². The van der Waals surface area contributed by atoms with Crippen molar-refractivity contribution in [1.82, 2.24) is 0 Å². The molecule has 0 spiro atoms. The Kier molecular flexibility index (Phi) is 3.85.